The molecule has 0 aliphatic rings. The Kier molecular flexibility index (Phi) is 4.70. The predicted octanol–water partition coefficient (Wildman–Crippen LogP) is 4.63. The number of carbonyl (C=O) groups excluding carboxylic acids is 1. The second kappa shape index (κ2) is 7.69. The summed E-state index contributed by atoms with van der Waals surface area (Å²) in [5.41, 5.74) is 2.77. The molecule has 0 fully saturated rings. The van der Waals surface area contributed by atoms with Gasteiger partial charge in [0.1, 0.15) is 11.6 Å². The molecular formula is C23H16F2N6O. The Bertz CT molecular complexity index is 1460. The normalized spacial score (nSPS) is 11.1. The number of aromatic nitrogens is 5. The van der Waals surface area contributed by atoms with Crippen molar-refractivity contribution >= 4 is 17.1 Å². The average Bonchev–Trinajstić information content (AvgIpc) is 3.44. The summed E-state index contributed by atoms with van der Waals surface area (Å²) in [7, 11) is 0. The van der Waals surface area contributed by atoms with Crippen LogP contribution in [0.3, 0.4) is 0 Å². The van der Waals surface area contributed by atoms with Crippen molar-refractivity contribution in [3.63, 3.8) is 0 Å². The van der Waals surface area contributed by atoms with Gasteiger partial charge in [0.15, 0.2) is 11.6 Å². The number of benzene rings is 2. The first-order chi connectivity index (χ1) is 15.5. The van der Waals surface area contributed by atoms with Gasteiger partial charge in [-0.15, -0.1) is 0 Å². The zero-order chi connectivity index (χ0) is 22.2. The van der Waals surface area contributed by atoms with E-state index in [1.165, 1.54) is 42.6 Å². The lowest BCUT2D eigenvalue weighted by Gasteiger charge is -2.10. The topological polar surface area (TPSA) is 88.0 Å². The molecule has 1 amide bonds. The molecule has 3 aromatic heterocycles. The summed E-state index contributed by atoms with van der Waals surface area (Å²) in [6, 6.07) is 13.9. The molecule has 9 heteroatoms. The highest BCUT2D eigenvalue weighted by Crippen LogP contribution is 2.28. The number of nitrogens with zero attached hydrogens (tertiary/aromatic N) is 4. The molecule has 0 bridgehead atoms. The van der Waals surface area contributed by atoms with Crippen LogP contribution in [-0.2, 0) is 0 Å². The molecule has 5 aromatic rings. The predicted molar refractivity (Wildman–Crippen MR) is 115 cm³/mol. The van der Waals surface area contributed by atoms with Crippen molar-refractivity contribution in [2.24, 2.45) is 0 Å². The molecule has 32 heavy (non-hydrogen) atoms. The van der Waals surface area contributed by atoms with Crippen LogP contribution in [0.25, 0.3) is 28.3 Å². The molecule has 0 atom stereocenters. The van der Waals surface area contributed by atoms with Gasteiger partial charge in [0.05, 0.1) is 22.8 Å². The van der Waals surface area contributed by atoms with Gasteiger partial charge in [-0.2, -0.15) is 10.2 Å². The second-order valence-corrected chi connectivity index (χ2v) is 7.20. The standard InChI is InChI=1S/C23H16F2N6O/c1-13-10-18(25)16(22-28-21(29-30-22)14-5-7-15(24)8-6-14)11-19(13)27-23(32)17-12-26-31-9-3-2-4-20(17)31/h2-12H,1H3,(H,27,32)(H,28,29,30). The molecular weight excluding hydrogens is 414 g/mol. The number of aromatic amines is 1. The SMILES string of the molecule is Cc1cc(F)c(-c2nc(-c3ccc(F)cc3)n[nH]2)cc1NC(=O)c1cnn2ccccc12. The Balaban J connectivity index is 1.47. The minimum atomic E-state index is -0.515. The van der Waals surface area contributed by atoms with Gasteiger partial charge in [-0.05, 0) is 61.0 Å². The van der Waals surface area contributed by atoms with E-state index in [9.17, 15) is 13.6 Å². The minimum absolute atomic E-state index is 0.145. The van der Waals surface area contributed by atoms with Gasteiger partial charge in [0.2, 0.25) is 0 Å². The van der Waals surface area contributed by atoms with E-state index in [4.69, 9.17) is 0 Å². The van der Waals surface area contributed by atoms with Crippen LogP contribution in [0.15, 0.2) is 67.0 Å². The Morgan fingerprint density at radius 2 is 1.91 bits per heavy atom. The van der Waals surface area contributed by atoms with Crippen molar-refractivity contribution in [2.45, 2.75) is 6.92 Å². The number of pyridine rings is 1. The van der Waals surface area contributed by atoms with Crippen molar-refractivity contribution < 1.29 is 13.6 Å². The summed E-state index contributed by atoms with van der Waals surface area (Å²) in [6.45, 7) is 1.70. The van der Waals surface area contributed by atoms with Gasteiger partial charge in [-0.3, -0.25) is 9.89 Å². The van der Waals surface area contributed by atoms with Gasteiger partial charge < -0.3 is 5.32 Å². The highest BCUT2D eigenvalue weighted by molar-refractivity contribution is 6.09. The van der Waals surface area contributed by atoms with Crippen LogP contribution in [-0.4, -0.2) is 30.7 Å². The van der Waals surface area contributed by atoms with Crippen LogP contribution in [0.1, 0.15) is 15.9 Å². The summed E-state index contributed by atoms with van der Waals surface area (Å²) >= 11 is 0. The lowest BCUT2D eigenvalue weighted by atomic mass is 10.1. The molecule has 7 nitrogen and oxygen atoms in total. The molecule has 3 heterocycles. The van der Waals surface area contributed by atoms with E-state index in [0.29, 0.717) is 33.7 Å². The van der Waals surface area contributed by atoms with E-state index < -0.39 is 5.82 Å². The van der Waals surface area contributed by atoms with E-state index >= 15 is 0 Å². The van der Waals surface area contributed by atoms with Crippen molar-refractivity contribution in [1.29, 1.82) is 0 Å². The van der Waals surface area contributed by atoms with Gasteiger partial charge >= 0.3 is 0 Å². The lowest BCUT2D eigenvalue weighted by molar-refractivity contribution is 0.102. The summed E-state index contributed by atoms with van der Waals surface area (Å²) in [5.74, 6) is -0.763. The summed E-state index contributed by atoms with van der Waals surface area (Å²) < 4.78 is 29.5. The maximum Gasteiger partial charge on any atom is 0.259 e. The molecule has 0 aliphatic carbocycles. The number of carbonyl (C=O) groups is 1. The van der Waals surface area contributed by atoms with Crippen LogP contribution in [0.2, 0.25) is 0 Å². The van der Waals surface area contributed by atoms with Crippen molar-refractivity contribution in [3.05, 3.63) is 89.8 Å². The molecule has 2 aromatic carbocycles. The number of aryl methyl sites for hydroxylation is 1. The van der Waals surface area contributed by atoms with Crippen molar-refractivity contribution in [2.75, 3.05) is 5.32 Å². The number of hydrogen-bond acceptors (Lipinski definition) is 4. The second-order valence-electron chi connectivity index (χ2n) is 7.20. The molecule has 2 N–H and O–H groups in total. The highest BCUT2D eigenvalue weighted by Gasteiger charge is 2.18. The largest absolute Gasteiger partial charge is 0.322 e. The van der Waals surface area contributed by atoms with Crippen molar-refractivity contribution in [3.8, 4) is 22.8 Å². The molecule has 0 saturated carbocycles. The van der Waals surface area contributed by atoms with Crippen LogP contribution in [0.4, 0.5) is 14.5 Å². The van der Waals surface area contributed by atoms with Gasteiger partial charge in [0.25, 0.3) is 5.91 Å². The maximum atomic E-state index is 14.7. The lowest BCUT2D eigenvalue weighted by Crippen LogP contribution is -2.13. The van der Waals surface area contributed by atoms with E-state index in [1.807, 2.05) is 12.1 Å². The fourth-order valence-corrected chi connectivity index (χ4v) is 3.40. The molecule has 5 rings (SSSR count). The molecule has 158 valence electrons. The number of H-pyrrole nitrogens is 1. The quantitative estimate of drug-likeness (QED) is 0.435. The van der Waals surface area contributed by atoms with Crippen molar-refractivity contribution in [1.82, 2.24) is 24.8 Å². The first kappa shape index (κ1) is 19.6. The number of fused-ring (bicyclic) bond motifs is 1. The third kappa shape index (κ3) is 3.49. The van der Waals surface area contributed by atoms with E-state index in [0.717, 1.165) is 0 Å². The van der Waals surface area contributed by atoms with E-state index in [-0.39, 0.29) is 23.1 Å². The number of halogens is 2. The Morgan fingerprint density at radius 1 is 1.09 bits per heavy atom. The highest BCUT2D eigenvalue weighted by atomic mass is 19.1. The fourth-order valence-electron chi connectivity index (χ4n) is 3.40. The fraction of sp³-hybridized carbons (Fsp3) is 0.0435. The Hall–Kier alpha value is -4.40. The molecule has 0 spiro atoms. The number of amides is 1. The maximum absolute atomic E-state index is 14.7. The smallest absolute Gasteiger partial charge is 0.259 e. The Morgan fingerprint density at radius 3 is 2.72 bits per heavy atom. The zero-order valence-electron chi connectivity index (χ0n) is 16.8. The van der Waals surface area contributed by atoms with E-state index in [1.54, 1.807) is 23.7 Å². The summed E-state index contributed by atoms with van der Waals surface area (Å²) in [4.78, 5) is 17.2. The third-order valence-corrected chi connectivity index (χ3v) is 5.08. The van der Waals surface area contributed by atoms with Gasteiger partial charge in [-0.25, -0.2) is 18.3 Å². The van der Waals surface area contributed by atoms with Crippen LogP contribution in [0, 0.1) is 18.6 Å². The van der Waals surface area contributed by atoms with Gasteiger partial charge in [0, 0.05) is 17.4 Å². The van der Waals surface area contributed by atoms with Crippen LogP contribution in [0.5, 0.6) is 0 Å². The molecule has 0 unspecified atom stereocenters. The molecule has 0 radical (unpaired) electrons. The number of anilines is 1. The third-order valence-electron chi connectivity index (χ3n) is 5.08. The van der Waals surface area contributed by atoms with E-state index in [2.05, 4.69) is 25.6 Å². The minimum Gasteiger partial charge on any atom is -0.322 e. The van der Waals surface area contributed by atoms with Gasteiger partial charge in [-0.1, -0.05) is 6.07 Å². The zero-order valence-corrected chi connectivity index (χ0v) is 16.8. The number of hydrogen-bond donors (Lipinski definition) is 2. The first-order valence-corrected chi connectivity index (χ1v) is 9.72. The Labute approximate surface area is 180 Å². The number of rotatable bonds is 4. The average molecular weight is 430 g/mol. The number of nitrogens with one attached hydrogen (secondary N) is 2. The monoisotopic (exact) mass is 430 g/mol. The summed E-state index contributed by atoms with van der Waals surface area (Å²) in [5, 5.41) is 13.8. The molecule has 0 saturated heterocycles. The van der Waals surface area contributed by atoms with Crippen LogP contribution < -0.4 is 5.32 Å². The first-order valence-electron chi connectivity index (χ1n) is 9.72. The summed E-state index contributed by atoms with van der Waals surface area (Å²) in [6.07, 6.45) is 3.23. The van der Waals surface area contributed by atoms with Crippen LogP contribution >= 0.6 is 0 Å². The molecule has 0 aliphatic heterocycles.